The van der Waals surface area contributed by atoms with Crippen LogP contribution in [0.25, 0.3) is 0 Å². The van der Waals surface area contributed by atoms with E-state index in [0.29, 0.717) is 0 Å². The highest BCUT2D eigenvalue weighted by molar-refractivity contribution is 7.89. The third-order valence-corrected chi connectivity index (χ3v) is 3.18. The number of nitrogens with one attached hydrogen (secondary N) is 1. The Balaban J connectivity index is 2.64. The average molecular weight is 234 g/mol. The first-order chi connectivity index (χ1) is 6.94. The topological polar surface area (TPSA) is 66.5 Å². The van der Waals surface area contributed by atoms with Crippen LogP contribution >= 0.6 is 0 Å². The predicted molar refractivity (Wildman–Crippen MR) is 57.9 cm³/mol. The van der Waals surface area contributed by atoms with Crippen LogP contribution in [-0.4, -0.2) is 44.6 Å². The summed E-state index contributed by atoms with van der Waals surface area (Å²) in [6.07, 6.45) is 3.81. The first-order valence-corrected chi connectivity index (χ1v) is 7.09. The van der Waals surface area contributed by atoms with Crippen molar-refractivity contribution in [3.63, 3.8) is 0 Å². The predicted octanol–water partition coefficient (Wildman–Crippen LogP) is -0.0634. The molecule has 0 aromatic rings. The van der Waals surface area contributed by atoms with Crippen molar-refractivity contribution in [3.05, 3.63) is 0 Å². The van der Waals surface area contributed by atoms with Gasteiger partial charge in [-0.05, 0) is 25.9 Å². The smallest absolute Gasteiger partial charge is 0.250 e. The molecule has 0 aliphatic carbocycles. The molecule has 1 heterocycles. The molecule has 5 nitrogen and oxygen atoms in total. The minimum atomic E-state index is -3.43. The molecule has 1 saturated heterocycles. The normalized spacial score (nSPS) is 23.7. The number of piperidine rings is 1. The Morgan fingerprint density at radius 1 is 1.47 bits per heavy atom. The molecular weight excluding hydrogens is 216 g/mol. The van der Waals surface area contributed by atoms with E-state index >= 15 is 0 Å². The number of sulfonamides is 1. The van der Waals surface area contributed by atoms with E-state index in [-0.39, 0.29) is 11.9 Å². The van der Waals surface area contributed by atoms with Crippen LogP contribution in [0.4, 0.5) is 0 Å². The summed E-state index contributed by atoms with van der Waals surface area (Å²) in [6, 6.07) is -0.279. The molecule has 1 atom stereocenters. The lowest BCUT2D eigenvalue weighted by Crippen LogP contribution is -2.50. The number of carbonyl (C=O) groups excluding carboxylic acids is 1. The van der Waals surface area contributed by atoms with Gasteiger partial charge in [-0.3, -0.25) is 14.4 Å². The van der Waals surface area contributed by atoms with E-state index in [1.807, 2.05) is 16.5 Å². The summed E-state index contributed by atoms with van der Waals surface area (Å²) in [4.78, 5) is 13.7. The Hall–Kier alpha value is -0.620. The van der Waals surface area contributed by atoms with E-state index in [4.69, 9.17) is 0 Å². The summed E-state index contributed by atoms with van der Waals surface area (Å²) < 4.78 is 23.9. The Bertz CT molecular complexity index is 326. The Kier molecular flexibility index (Phi) is 4.10. The molecule has 1 rings (SSSR count). The molecule has 0 saturated carbocycles. The fourth-order valence-corrected chi connectivity index (χ4v) is 2.42. The van der Waals surface area contributed by atoms with Gasteiger partial charge in [-0.1, -0.05) is 13.3 Å². The molecule has 15 heavy (non-hydrogen) atoms. The first kappa shape index (κ1) is 12.4. The molecule has 6 heteroatoms. The molecule has 0 bridgehead atoms. The van der Waals surface area contributed by atoms with Crippen molar-refractivity contribution >= 4 is 15.9 Å². The molecular formula is C9H18N2O3S. The van der Waals surface area contributed by atoms with Crippen LogP contribution in [0.2, 0.25) is 0 Å². The maximum Gasteiger partial charge on any atom is 0.250 e. The number of carbonyl (C=O) groups is 1. The molecule has 0 aromatic carbocycles. The van der Waals surface area contributed by atoms with Gasteiger partial charge in [-0.25, -0.2) is 8.42 Å². The van der Waals surface area contributed by atoms with Crippen LogP contribution in [0.3, 0.4) is 0 Å². The molecule has 0 radical (unpaired) electrons. The van der Waals surface area contributed by atoms with Gasteiger partial charge in [0.15, 0.2) is 0 Å². The van der Waals surface area contributed by atoms with E-state index in [9.17, 15) is 13.2 Å². The second kappa shape index (κ2) is 4.94. The Morgan fingerprint density at radius 3 is 2.67 bits per heavy atom. The molecule has 1 amide bonds. The molecule has 1 N–H and O–H groups in total. The summed E-state index contributed by atoms with van der Waals surface area (Å²) in [5.41, 5.74) is 0. The van der Waals surface area contributed by atoms with E-state index in [1.54, 1.807) is 0 Å². The number of amides is 1. The van der Waals surface area contributed by atoms with Crippen molar-refractivity contribution in [1.82, 2.24) is 9.62 Å². The van der Waals surface area contributed by atoms with E-state index in [0.717, 1.165) is 38.6 Å². The minimum absolute atomic E-state index is 0.279. The summed E-state index contributed by atoms with van der Waals surface area (Å²) in [5, 5.41) is 0. The second-order valence-corrected chi connectivity index (χ2v) is 5.63. The number of rotatable bonds is 3. The lowest BCUT2D eigenvalue weighted by Gasteiger charge is -2.33. The summed E-state index contributed by atoms with van der Waals surface area (Å²) in [6.45, 7) is 3.63. The largest absolute Gasteiger partial charge is 0.292 e. The number of nitrogens with zero attached hydrogens (tertiary/aromatic N) is 1. The molecule has 1 fully saturated rings. The van der Waals surface area contributed by atoms with Gasteiger partial charge < -0.3 is 0 Å². The van der Waals surface area contributed by atoms with Gasteiger partial charge in [0.25, 0.3) is 5.91 Å². The highest BCUT2D eigenvalue weighted by Gasteiger charge is 2.28. The lowest BCUT2D eigenvalue weighted by molar-refractivity contribution is -0.125. The number of hydrogen-bond donors (Lipinski definition) is 1. The van der Waals surface area contributed by atoms with Crippen LogP contribution in [0.5, 0.6) is 0 Å². The van der Waals surface area contributed by atoms with Crippen LogP contribution in [-0.2, 0) is 14.8 Å². The summed E-state index contributed by atoms with van der Waals surface area (Å²) >= 11 is 0. The molecule has 0 unspecified atom stereocenters. The van der Waals surface area contributed by atoms with Gasteiger partial charge in [0.2, 0.25) is 10.0 Å². The fraction of sp³-hybridized carbons (Fsp3) is 0.889. The van der Waals surface area contributed by atoms with E-state index < -0.39 is 10.0 Å². The SMILES string of the molecule is CCN1CCCC[C@H]1C(=O)NS(C)(=O)=O. The van der Waals surface area contributed by atoms with Crippen LogP contribution < -0.4 is 4.72 Å². The minimum Gasteiger partial charge on any atom is -0.292 e. The zero-order valence-corrected chi connectivity index (χ0v) is 10.0. The van der Waals surface area contributed by atoms with Gasteiger partial charge in [-0.2, -0.15) is 0 Å². The third-order valence-electron chi connectivity index (χ3n) is 2.61. The zero-order chi connectivity index (χ0) is 11.5. The molecule has 1 aliphatic rings. The van der Waals surface area contributed by atoms with E-state index in [2.05, 4.69) is 0 Å². The highest BCUT2D eigenvalue weighted by Crippen LogP contribution is 2.16. The monoisotopic (exact) mass is 234 g/mol. The molecule has 0 aromatic heterocycles. The van der Waals surface area contributed by atoms with Crippen molar-refractivity contribution in [2.45, 2.75) is 32.2 Å². The van der Waals surface area contributed by atoms with Gasteiger partial charge in [0.05, 0.1) is 12.3 Å². The number of hydrogen-bond acceptors (Lipinski definition) is 4. The first-order valence-electron chi connectivity index (χ1n) is 5.19. The maximum atomic E-state index is 11.7. The standard InChI is InChI=1S/C9H18N2O3S/c1-3-11-7-5-4-6-8(11)9(12)10-15(2,13)14/h8H,3-7H2,1-2H3,(H,10,12)/t8-/m0/s1. The van der Waals surface area contributed by atoms with Crippen molar-refractivity contribution in [1.29, 1.82) is 0 Å². The van der Waals surface area contributed by atoms with Crippen LogP contribution in [0.1, 0.15) is 26.2 Å². The number of likely N-dealkylation sites (N-methyl/N-ethyl adjacent to an activating group) is 1. The van der Waals surface area contributed by atoms with Crippen LogP contribution in [0.15, 0.2) is 0 Å². The third kappa shape index (κ3) is 3.79. The van der Waals surface area contributed by atoms with Crippen LogP contribution in [0, 0.1) is 0 Å². The van der Waals surface area contributed by atoms with Crippen molar-refractivity contribution in [2.75, 3.05) is 19.3 Å². The van der Waals surface area contributed by atoms with Crippen molar-refractivity contribution in [3.8, 4) is 0 Å². The molecule has 88 valence electrons. The van der Waals surface area contributed by atoms with Crippen molar-refractivity contribution in [2.24, 2.45) is 0 Å². The van der Waals surface area contributed by atoms with Gasteiger partial charge in [0, 0.05) is 0 Å². The summed E-state index contributed by atoms with van der Waals surface area (Å²) in [7, 11) is -3.43. The quantitative estimate of drug-likeness (QED) is 0.742. The molecule has 0 spiro atoms. The lowest BCUT2D eigenvalue weighted by atomic mass is 10.0. The van der Waals surface area contributed by atoms with Crippen molar-refractivity contribution < 1.29 is 13.2 Å². The fourth-order valence-electron chi connectivity index (χ4n) is 1.92. The second-order valence-electron chi connectivity index (χ2n) is 3.88. The average Bonchev–Trinajstić information content (AvgIpc) is 2.15. The van der Waals surface area contributed by atoms with E-state index in [1.165, 1.54) is 0 Å². The van der Waals surface area contributed by atoms with Gasteiger partial charge in [-0.15, -0.1) is 0 Å². The highest BCUT2D eigenvalue weighted by atomic mass is 32.2. The molecule has 1 aliphatic heterocycles. The maximum absolute atomic E-state index is 11.7. The zero-order valence-electron chi connectivity index (χ0n) is 9.19. The summed E-state index contributed by atoms with van der Waals surface area (Å²) in [5.74, 6) is -0.390. The van der Waals surface area contributed by atoms with Gasteiger partial charge in [0.1, 0.15) is 0 Å². The van der Waals surface area contributed by atoms with Gasteiger partial charge >= 0.3 is 0 Å². The number of likely N-dealkylation sites (tertiary alicyclic amines) is 1. The Morgan fingerprint density at radius 2 is 2.13 bits per heavy atom. The Labute approximate surface area is 90.9 Å².